The van der Waals surface area contributed by atoms with Crippen LogP contribution in [0.25, 0.3) is 0 Å². The molecular formula is C34H46N4O4. The zero-order valence-corrected chi connectivity index (χ0v) is 24.7. The number of hydrogen-bond acceptors (Lipinski definition) is 7. The van der Waals surface area contributed by atoms with Crippen molar-refractivity contribution in [3.8, 4) is 5.75 Å². The third-order valence-electron chi connectivity index (χ3n) is 9.70. The third-order valence-corrected chi connectivity index (χ3v) is 9.70. The van der Waals surface area contributed by atoms with E-state index < -0.39 is 0 Å². The number of anilines is 1. The smallest absolute Gasteiger partial charge is 0.251 e. The second-order valence-corrected chi connectivity index (χ2v) is 12.7. The number of likely N-dealkylation sites (tertiary alicyclic amines) is 1. The molecule has 1 amide bonds. The molecule has 226 valence electrons. The molecule has 2 saturated heterocycles. The second-order valence-electron chi connectivity index (χ2n) is 12.7. The van der Waals surface area contributed by atoms with Crippen LogP contribution < -0.4 is 15.8 Å². The summed E-state index contributed by atoms with van der Waals surface area (Å²) in [6.45, 7) is 4.31. The highest BCUT2D eigenvalue weighted by Crippen LogP contribution is 2.36. The first-order valence-corrected chi connectivity index (χ1v) is 16.0. The number of carbonyl (C=O) groups excluding carboxylic acids is 1. The van der Waals surface area contributed by atoms with Gasteiger partial charge >= 0.3 is 0 Å². The SMILES string of the molecule is N=C(c1ccc(OC2CCN(C3COC3)CC2)cc1)c1cc(C(=O)NCC2(OC3CCCC3)CCCCC2)ccc1N. The maximum Gasteiger partial charge on any atom is 0.251 e. The van der Waals surface area contributed by atoms with Crippen LogP contribution in [0.15, 0.2) is 42.5 Å². The molecule has 0 bridgehead atoms. The summed E-state index contributed by atoms with van der Waals surface area (Å²) < 4.78 is 18.3. The van der Waals surface area contributed by atoms with Gasteiger partial charge in [-0.15, -0.1) is 0 Å². The molecule has 4 fully saturated rings. The quantitative estimate of drug-likeness (QED) is 0.262. The van der Waals surface area contributed by atoms with Gasteiger partial charge in [0.15, 0.2) is 0 Å². The summed E-state index contributed by atoms with van der Waals surface area (Å²) in [5.74, 6) is 0.665. The van der Waals surface area contributed by atoms with Gasteiger partial charge in [-0.25, -0.2) is 0 Å². The van der Waals surface area contributed by atoms with E-state index in [1.54, 1.807) is 18.2 Å². The Morgan fingerprint density at radius 1 is 0.929 bits per heavy atom. The Hall–Kier alpha value is -2.94. The molecular weight excluding hydrogens is 528 g/mol. The maximum atomic E-state index is 13.3. The molecule has 0 aromatic heterocycles. The molecule has 2 aromatic carbocycles. The average molecular weight is 575 g/mol. The van der Waals surface area contributed by atoms with Crippen molar-refractivity contribution >= 4 is 17.3 Å². The van der Waals surface area contributed by atoms with E-state index in [1.807, 2.05) is 24.3 Å². The number of nitrogens with zero attached hydrogens (tertiary/aromatic N) is 1. The van der Waals surface area contributed by atoms with Crippen molar-refractivity contribution in [2.24, 2.45) is 0 Å². The molecule has 0 unspecified atom stereocenters. The van der Waals surface area contributed by atoms with Gasteiger partial charge in [0.1, 0.15) is 11.9 Å². The number of ether oxygens (including phenoxy) is 3. The Morgan fingerprint density at radius 3 is 2.29 bits per heavy atom. The third kappa shape index (κ3) is 6.82. The first kappa shape index (κ1) is 29.1. The van der Waals surface area contributed by atoms with Crippen LogP contribution in [0.2, 0.25) is 0 Å². The highest BCUT2D eigenvalue weighted by molar-refractivity contribution is 6.14. The molecule has 8 heteroatoms. The van der Waals surface area contributed by atoms with Gasteiger partial charge in [0.2, 0.25) is 0 Å². The topological polar surface area (TPSA) is 110 Å². The van der Waals surface area contributed by atoms with Crippen molar-refractivity contribution < 1.29 is 19.0 Å². The molecule has 8 nitrogen and oxygen atoms in total. The standard InChI is InChI=1S/C34H46N4O4/c35-31-13-10-25(33(39)37-23-34(16-4-1-5-17-34)42-29-6-2-3-7-29)20-30(31)32(36)24-8-11-27(12-9-24)41-28-14-18-38(19-15-28)26-21-40-22-26/h8-13,20,26,28-29,36H,1-7,14-19,21-23,35H2,(H,37,39). The number of carbonyl (C=O) groups is 1. The zero-order valence-electron chi connectivity index (χ0n) is 24.7. The van der Waals surface area contributed by atoms with E-state index in [-0.39, 0.29) is 23.3 Å². The van der Waals surface area contributed by atoms with Crippen LogP contribution in [-0.4, -0.2) is 73.2 Å². The fourth-order valence-electron chi connectivity index (χ4n) is 6.99. The molecule has 42 heavy (non-hydrogen) atoms. The van der Waals surface area contributed by atoms with E-state index >= 15 is 0 Å². The Bertz CT molecular complexity index is 1220. The largest absolute Gasteiger partial charge is 0.490 e. The van der Waals surface area contributed by atoms with E-state index in [2.05, 4.69) is 10.2 Å². The molecule has 2 saturated carbocycles. The molecule has 2 aliphatic heterocycles. The zero-order chi connectivity index (χ0) is 28.9. The molecule has 2 aliphatic carbocycles. The van der Waals surface area contributed by atoms with Gasteiger partial charge in [0, 0.05) is 42.0 Å². The van der Waals surface area contributed by atoms with Crippen LogP contribution in [0, 0.1) is 5.41 Å². The number of nitrogen functional groups attached to an aromatic ring is 1. The molecule has 4 aliphatic rings. The molecule has 0 atom stereocenters. The Kier molecular flexibility index (Phi) is 9.12. The maximum absolute atomic E-state index is 13.3. The minimum atomic E-state index is -0.265. The van der Waals surface area contributed by atoms with Crippen molar-refractivity contribution in [3.63, 3.8) is 0 Å². The van der Waals surface area contributed by atoms with Gasteiger partial charge in [-0.1, -0.05) is 32.1 Å². The molecule has 2 aromatic rings. The second kappa shape index (κ2) is 13.1. The number of nitrogens with two attached hydrogens (primary N) is 1. The average Bonchev–Trinajstić information content (AvgIpc) is 3.50. The number of nitrogens with one attached hydrogen (secondary N) is 2. The van der Waals surface area contributed by atoms with Crippen LogP contribution in [0.5, 0.6) is 5.75 Å². The van der Waals surface area contributed by atoms with Crippen LogP contribution in [0.1, 0.15) is 92.1 Å². The summed E-state index contributed by atoms with van der Waals surface area (Å²) in [4.78, 5) is 15.8. The fourth-order valence-corrected chi connectivity index (χ4v) is 6.99. The van der Waals surface area contributed by atoms with Gasteiger partial charge in [-0.3, -0.25) is 15.1 Å². The molecule has 0 radical (unpaired) electrons. The van der Waals surface area contributed by atoms with Crippen LogP contribution >= 0.6 is 0 Å². The fraction of sp³-hybridized carbons (Fsp3) is 0.588. The van der Waals surface area contributed by atoms with Gasteiger partial charge < -0.3 is 25.3 Å². The summed E-state index contributed by atoms with van der Waals surface area (Å²) in [6, 6.07) is 13.4. The summed E-state index contributed by atoms with van der Waals surface area (Å²) in [5, 5.41) is 12.1. The molecule has 6 rings (SSSR count). The van der Waals surface area contributed by atoms with Crippen molar-refractivity contribution in [3.05, 3.63) is 59.2 Å². The Balaban J connectivity index is 1.06. The predicted molar refractivity (Wildman–Crippen MR) is 165 cm³/mol. The van der Waals surface area contributed by atoms with Crippen LogP contribution in [-0.2, 0) is 9.47 Å². The van der Waals surface area contributed by atoms with Crippen molar-refractivity contribution in [1.29, 1.82) is 5.41 Å². The Labute approximate surface area is 249 Å². The van der Waals surface area contributed by atoms with E-state index in [0.717, 1.165) is 89.0 Å². The molecule has 0 spiro atoms. The van der Waals surface area contributed by atoms with Crippen molar-refractivity contribution in [1.82, 2.24) is 10.2 Å². The minimum absolute atomic E-state index is 0.149. The van der Waals surface area contributed by atoms with Crippen molar-refractivity contribution in [2.45, 2.75) is 94.5 Å². The lowest BCUT2D eigenvalue weighted by molar-refractivity contribution is -0.108. The lowest BCUT2D eigenvalue weighted by atomic mass is 9.84. The summed E-state index contributed by atoms with van der Waals surface area (Å²) in [5.41, 5.74) is 8.60. The normalized spacial score (nSPS) is 22.0. The summed E-state index contributed by atoms with van der Waals surface area (Å²) >= 11 is 0. The highest BCUT2D eigenvalue weighted by atomic mass is 16.5. The van der Waals surface area contributed by atoms with Crippen molar-refractivity contribution in [2.75, 3.05) is 38.6 Å². The van der Waals surface area contributed by atoms with Gasteiger partial charge in [-0.05, 0) is 81.0 Å². The van der Waals surface area contributed by atoms with Crippen LogP contribution in [0.3, 0.4) is 0 Å². The first-order valence-electron chi connectivity index (χ1n) is 16.0. The van der Waals surface area contributed by atoms with E-state index in [1.165, 1.54) is 19.3 Å². The number of amides is 1. The number of piperidine rings is 1. The summed E-state index contributed by atoms with van der Waals surface area (Å²) in [7, 11) is 0. The van der Waals surface area contributed by atoms with E-state index in [9.17, 15) is 4.79 Å². The summed E-state index contributed by atoms with van der Waals surface area (Å²) in [6.07, 6.45) is 12.8. The highest BCUT2D eigenvalue weighted by Gasteiger charge is 2.37. The number of hydrogen-bond donors (Lipinski definition) is 3. The van der Waals surface area contributed by atoms with Crippen LogP contribution in [0.4, 0.5) is 5.69 Å². The predicted octanol–water partition coefficient (Wildman–Crippen LogP) is 5.32. The molecule has 2 heterocycles. The lowest BCUT2D eigenvalue weighted by Crippen LogP contribution is -2.52. The van der Waals surface area contributed by atoms with Gasteiger partial charge in [0.25, 0.3) is 5.91 Å². The lowest BCUT2D eigenvalue weighted by Gasteiger charge is -2.41. The molecule has 4 N–H and O–H groups in total. The first-order chi connectivity index (χ1) is 20.5. The van der Waals surface area contributed by atoms with E-state index in [0.29, 0.717) is 35.5 Å². The minimum Gasteiger partial charge on any atom is -0.490 e. The van der Waals surface area contributed by atoms with Gasteiger partial charge in [0.05, 0.1) is 36.7 Å². The number of benzene rings is 2. The Morgan fingerprint density at radius 2 is 1.62 bits per heavy atom. The number of rotatable bonds is 10. The van der Waals surface area contributed by atoms with Gasteiger partial charge in [-0.2, -0.15) is 0 Å². The van der Waals surface area contributed by atoms with E-state index in [4.69, 9.17) is 25.4 Å². The monoisotopic (exact) mass is 574 g/mol.